The van der Waals surface area contributed by atoms with Crippen molar-refractivity contribution in [2.75, 3.05) is 13.1 Å². The van der Waals surface area contributed by atoms with Crippen molar-refractivity contribution in [3.63, 3.8) is 0 Å². The Hall–Kier alpha value is -1.47. The standard InChI is InChI=1S/C16H20BrFN4S/c1-3-19-16(22-10-15-21-9-11(2)23-15)20-7-6-12-4-5-14(18)13(17)8-12/h4-5,8-9H,3,6-7,10H2,1-2H3,(H2,19,20,22). The van der Waals surface area contributed by atoms with Crippen LogP contribution < -0.4 is 10.6 Å². The minimum Gasteiger partial charge on any atom is -0.357 e. The van der Waals surface area contributed by atoms with Crippen LogP contribution in [0.1, 0.15) is 22.4 Å². The van der Waals surface area contributed by atoms with E-state index in [2.05, 4.69) is 36.5 Å². The van der Waals surface area contributed by atoms with Crippen LogP contribution >= 0.6 is 27.3 Å². The average molecular weight is 399 g/mol. The van der Waals surface area contributed by atoms with Crippen molar-refractivity contribution in [2.45, 2.75) is 26.8 Å². The Kier molecular flexibility index (Phi) is 6.98. The number of aliphatic imine (C=N–C) groups is 1. The Bertz CT molecular complexity index is 672. The average Bonchev–Trinajstić information content (AvgIpc) is 2.94. The number of nitrogens with one attached hydrogen (secondary N) is 2. The summed E-state index contributed by atoms with van der Waals surface area (Å²) in [4.78, 5) is 10.0. The van der Waals surface area contributed by atoms with Crippen LogP contribution in [0.25, 0.3) is 0 Å². The number of benzene rings is 1. The zero-order valence-corrected chi connectivity index (χ0v) is 15.6. The molecule has 0 aliphatic heterocycles. The van der Waals surface area contributed by atoms with Crippen LogP contribution in [0.15, 0.2) is 33.9 Å². The van der Waals surface area contributed by atoms with E-state index in [0.717, 1.165) is 36.0 Å². The molecule has 2 N–H and O–H groups in total. The number of aromatic nitrogens is 1. The lowest BCUT2D eigenvalue weighted by molar-refractivity contribution is 0.620. The Morgan fingerprint density at radius 1 is 1.39 bits per heavy atom. The van der Waals surface area contributed by atoms with E-state index in [9.17, 15) is 4.39 Å². The molecule has 0 saturated carbocycles. The van der Waals surface area contributed by atoms with Crippen LogP contribution in [-0.4, -0.2) is 24.0 Å². The van der Waals surface area contributed by atoms with Gasteiger partial charge in [0.2, 0.25) is 0 Å². The molecule has 7 heteroatoms. The second kappa shape index (κ2) is 8.98. The quantitative estimate of drug-likeness (QED) is 0.576. The lowest BCUT2D eigenvalue weighted by Crippen LogP contribution is -2.38. The molecule has 0 saturated heterocycles. The molecular weight excluding hydrogens is 379 g/mol. The highest BCUT2D eigenvalue weighted by atomic mass is 79.9. The molecular formula is C16H20BrFN4S. The van der Waals surface area contributed by atoms with Gasteiger partial charge in [-0.25, -0.2) is 14.4 Å². The van der Waals surface area contributed by atoms with Crippen LogP contribution in [0.3, 0.4) is 0 Å². The fourth-order valence-electron chi connectivity index (χ4n) is 1.98. The molecule has 0 unspecified atom stereocenters. The van der Waals surface area contributed by atoms with Crippen LogP contribution in [0.5, 0.6) is 0 Å². The summed E-state index contributed by atoms with van der Waals surface area (Å²) >= 11 is 4.86. The first-order chi connectivity index (χ1) is 11.1. The van der Waals surface area contributed by atoms with Crippen molar-refractivity contribution in [1.29, 1.82) is 0 Å². The van der Waals surface area contributed by atoms with Gasteiger partial charge in [0.15, 0.2) is 5.96 Å². The van der Waals surface area contributed by atoms with Crippen molar-refractivity contribution in [3.05, 3.63) is 50.1 Å². The first-order valence-electron chi connectivity index (χ1n) is 7.46. The number of hydrogen-bond donors (Lipinski definition) is 2. The second-order valence-corrected chi connectivity index (χ2v) is 7.16. The highest BCUT2D eigenvalue weighted by molar-refractivity contribution is 9.10. The normalized spacial score (nSPS) is 11.6. The first kappa shape index (κ1) is 17.9. The van der Waals surface area contributed by atoms with Crippen molar-refractivity contribution in [2.24, 2.45) is 4.99 Å². The van der Waals surface area contributed by atoms with Crippen molar-refractivity contribution in [3.8, 4) is 0 Å². The molecule has 0 atom stereocenters. The highest BCUT2D eigenvalue weighted by Crippen LogP contribution is 2.17. The molecule has 0 radical (unpaired) electrons. The van der Waals surface area contributed by atoms with E-state index in [1.54, 1.807) is 23.5 Å². The largest absolute Gasteiger partial charge is 0.357 e. The van der Waals surface area contributed by atoms with Gasteiger partial charge in [0.1, 0.15) is 10.8 Å². The van der Waals surface area contributed by atoms with Gasteiger partial charge in [-0.2, -0.15) is 0 Å². The SMILES string of the molecule is CCNC(=NCc1ncc(C)s1)NCCc1ccc(F)c(Br)c1. The second-order valence-electron chi connectivity index (χ2n) is 4.99. The van der Waals surface area contributed by atoms with Crippen LogP contribution in [0, 0.1) is 12.7 Å². The van der Waals surface area contributed by atoms with Gasteiger partial charge in [0.05, 0.1) is 11.0 Å². The zero-order valence-electron chi connectivity index (χ0n) is 13.2. The van der Waals surface area contributed by atoms with Gasteiger partial charge in [-0.05, 0) is 53.9 Å². The van der Waals surface area contributed by atoms with E-state index in [-0.39, 0.29) is 5.82 Å². The number of guanidine groups is 1. The van der Waals surface area contributed by atoms with Crippen molar-refractivity contribution >= 4 is 33.2 Å². The van der Waals surface area contributed by atoms with Crippen LogP contribution in [-0.2, 0) is 13.0 Å². The number of aryl methyl sites for hydroxylation is 1. The fourth-order valence-corrected chi connectivity index (χ4v) is 3.12. The number of rotatable bonds is 6. The summed E-state index contributed by atoms with van der Waals surface area (Å²) in [6.07, 6.45) is 2.65. The van der Waals surface area contributed by atoms with E-state index >= 15 is 0 Å². The zero-order chi connectivity index (χ0) is 16.7. The topological polar surface area (TPSA) is 49.3 Å². The third-order valence-corrected chi connectivity index (χ3v) is 4.58. The maximum atomic E-state index is 13.2. The maximum absolute atomic E-state index is 13.2. The summed E-state index contributed by atoms with van der Waals surface area (Å²) in [6, 6.07) is 5.08. The molecule has 0 amide bonds. The molecule has 0 bridgehead atoms. The van der Waals surface area contributed by atoms with Gasteiger partial charge >= 0.3 is 0 Å². The molecule has 0 fully saturated rings. The Morgan fingerprint density at radius 3 is 2.87 bits per heavy atom. The summed E-state index contributed by atoms with van der Waals surface area (Å²) < 4.78 is 13.7. The minimum absolute atomic E-state index is 0.240. The third kappa shape index (κ3) is 5.91. The van der Waals surface area contributed by atoms with Crippen molar-refractivity contribution < 1.29 is 4.39 Å². The van der Waals surface area contributed by atoms with E-state index in [1.807, 2.05) is 20.0 Å². The lowest BCUT2D eigenvalue weighted by atomic mass is 10.1. The van der Waals surface area contributed by atoms with E-state index < -0.39 is 0 Å². The van der Waals surface area contributed by atoms with Gasteiger partial charge in [0, 0.05) is 24.2 Å². The van der Waals surface area contributed by atoms with E-state index in [4.69, 9.17) is 0 Å². The smallest absolute Gasteiger partial charge is 0.191 e. The molecule has 1 heterocycles. The summed E-state index contributed by atoms with van der Waals surface area (Å²) in [5.41, 5.74) is 1.07. The van der Waals surface area contributed by atoms with Crippen LogP contribution in [0.4, 0.5) is 4.39 Å². The molecule has 1 aromatic heterocycles. The van der Waals surface area contributed by atoms with Gasteiger partial charge in [-0.3, -0.25) is 0 Å². The van der Waals surface area contributed by atoms with Crippen LogP contribution in [0.2, 0.25) is 0 Å². The number of halogens is 2. The minimum atomic E-state index is -0.240. The van der Waals surface area contributed by atoms with E-state index in [0.29, 0.717) is 11.0 Å². The maximum Gasteiger partial charge on any atom is 0.191 e. The molecule has 2 aromatic rings. The fraction of sp³-hybridized carbons (Fsp3) is 0.375. The summed E-state index contributed by atoms with van der Waals surface area (Å²) in [5, 5.41) is 7.50. The summed E-state index contributed by atoms with van der Waals surface area (Å²) in [7, 11) is 0. The molecule has 1 aromatic carbocycles. The van der Waals surface area contributed by atoms with Gasteiger partial charge in [-0.1, -0.05) is 6.07 Å². The molecule has 4 nitrogen and oxygen atoms in total. The molecule has 124 valence electrons. The molecule has 2 rings (SSSR count). The number of nitrogens with zero attached hydrogens (tertiary/aromatic N) is 2. The number of thiazole rings is 1. The molecule has 0 spiro atoms. The monoisotopic (exact) mass is 398 g/mol. The number of hydrogen-bond acceptors (Lipinski definition) is 3. The Balaban J connectivity index is 1.87. The summed E-state index contributed by atoms with van der Waals surface area (Å²) in [6.45, 7) is 6.15. The molecule has 23 heavy (non-hydrogen) atoms. The highest BCUT2D eigenvalue weighted by Gasteiger charge is 2.03. The van der Waals surface area contributed by atoms with E-state index in [1.165, 1.54) is 10.9 Å². The van der Waals surface area contributed by atoms with Gasteiger partial charge in [-0.15, -0.1) is 11.3 Å². The van der Waals surface area contributed by atoms with Gasteiger partial charge in [0.25, 0.3) is 0 Å². The Labute approximate surface area is 148 Å². The lowest BCUT2D eigenvalue weighted by Gasteiger charge is -2.11. The van der Waals surface area contributed by atoms with Gasteiger partial charge < -0.3 is 10.6 Å². The predicted octanol–water partition coefficient (Wildman–Crippen LogP) is 3.65. The molecule has 0 aliphatic carbocycles. The summed E-state index contributed by atoms with van der Waals surface area (Å²) in [5.74, 6) is 0.525. The predicted molar refractivity (Wildman–Crippen MR) is 97.5 cm³/mol. The first-order valence-corrected chi connectivity index (χ1v) is 9.07. The third-order valence-electron chi connectivity index (χ3n) is 3.08. The Morgan fingerprint density at radius 2 is 2.22 bits per heavy atom. The van der Waals surface area contributed by atoms with Crippen molar-refractivity contribution in [1.82, 2.24) is 15.6 Å². The molecule has 0 aliphatic rings.